The van der Waals surface area contributed by atoms with Gasteiger partial charge in [0, 0.05) is 10.9 Å². The Kier molecular flexibility index (Phi) is 3.30. The maximum Gasteiger partial charge on any atom is 0.124 e. The molecule has 2 rings (SSSR count). The van der Waals surface area contributed by atoms with Crippen molar-refractivity contribution >= 4 is 23.4 Å². The van der Waals surface area contributed by atoms with Gasteiger partial charge in [-0.2, -0.15) is 0 Å². The Bertz CT molecular complexity index is 560. The summed E-state index contributed by atoms with van der Waals surface area (Å²) in [5.41, 5.74) is 1.34. The summed E-state index contributed by atoms with van der Waals surface area (Å²) < 4.78 is 12.7. The molecule has 2 aromatic rings. The monoisotopic (exact) mass is 248 g/mol. The molecule has 0 fully saturated rings. The predicted octanol–water partition coefficient (Wildman–Crippen LogP) is 1.71. The molecule has 0 saturated heterocycles. The fourth-order valence-corrected chi connectivity index (χ4v) is 2.04. The van der Waals surface area contributed by atoms with Crippen LogP contribution in [0, 0.1) is 5.82 Å². The number of carboxylic acids is 1. The highest BCUT2D eigenvalue weighted by Gasteiger charge is 2.02. The molecule has 1 aromatic carbocycles. The van der Waals surface area contributed by atoms with Crippen molar-refractivity contribution in [1.82, 2.24) is 4.98 Å². The minimum absolute atomic E-state index is 0.303. The van der Waals surface area contributed by atoms with Crippen LogP contribution in [-0.4, -0.2) is 11.0 Å². The zero-order valence-electron chi connectivity index (χ0n) is 8.59. The van der Waals surface area contributed by atoms with Crippen LogP contribution in [0.2, 0.25) is 0 Å². The molecule has 0 aliphatic rings. The minimum Gasteiger partial charge on any atom is -0.545 e. The third-order valence-electron chi connectivity index (χ3n) is 2.00. The molecule has 0 radical (unpaired) electrons. The van der Waals surface area contributed by atoms with E-state index in [0.717, 1.165) is 11.6 Å². The summed E-state index contributed by atoms with van der Waals surface area (Å²) in [5.74, 6) is -1.57. The highest BCUT2D eigenvalue weighted by Crippen LogP contribution is 2.24. The summed E-state index contributed by atoms with van der Waals surface area (Å²) in [6, 6.07) is 5.96. The molecule has 0 spiro atoms. The van der Waals surface area contributed by atoms with E-state index in [-0.39, 0.29) is 5.82 Å². The van der Waals surface area contributed by atoms with Crippen LogP contribution in [0.3, 0.4) is 0 Å². The number of halogens is 1. The average molecular weight is 248 g/mol. The molecular weight excluding hydrogens is 241 g/mol. The number of aliphatic carboxylic acids is 1. The summed E-state index contributed by atoms with van der Waals surface area (Å²) in [6.07, 6.45) is 2.28. The standard InChI is InChI=1S/C12H8FNO2S/c13-9-3-1-8(2-4-9)12-14-10(7-17-12)5-6-11(15)16/h1-7H,(H,15,16)/p-1/b6-5+. The number of thiazole rings is 1. The largest absolute Gasteiger partial charge is 0.545 e. The van der Waals surface area contributed by atoms with Gasteiger partial charge in [0.2, 0.25) is 0 Å². The van der Waals surface area contributed by atoms with E-state index in [9.17, 15) is 14.3 Å². The number of hydrogen-bond acceptors (Lipinski definition) is 4. The zero-order valence-corrected chi connectivity index (χ0v) is 9.41. The van der Waals surface area contributed by atoms with Gasteiger partial charge in [-0.3, -0.25) is 0 Å². The lowest BCUT2D eigenvalue weighted by Gasteiger charge is -1.94. The smallest absolute Gasteiger partial charge is 0.124 e. The van der Waals surface area contributed by atoms with Crippen molar-refractivity contribution in [2.45, 2.75) is 0 Å². The molecule has 3 nitrogen and oxygen atoms in total. The summed E-state index contributed by atoms with van der Waals surface area (Å²) in [7, 11) is 0. The molecule has 17 heavy (non-hydrogen) atoms. The topological polar surface area (TPSA) is 53.0 Å². The van der Waals surface area contributed by atoms with Crippen molar-refractivity contribution in [3.05, 3.63) is 47.2 Å². The summed E-state index contributed by atoms with van der Waals surface area (Å²) in [5, 5.41) is 12.7. The molecule has 0 bridgehead atoms. The number of carboxylic acid groups (broad SMARTS) is 1. The summed E-state index contributed by atoms with van der Waals surface area (Å²) in [6.45, 7) is 0. The fourth-order valence-electron chi connectivity index (χ4n) is 1.24. The number of carbonyl (C=O) groups is 1. The number of nitrogens with zero attached hydrogens (tertiary/aromatic N) is 1. The van der Waals surface area contributed by atoms with Crippen molar-refractivity contribution in [3.63, 3.8) is 0 Å². The fraction of sp³-hybridized carbons (Fsp3) is 0. The van der Waals surface area contributed by atoms with E-state index < -0.39 is 5.97 Å². The van der Waals surface area contributed by atoms with Crippen LogP contribution in [0.4, 0.5) is 4.39 Å². The molecule has 0 aliphatic heterocycles. The van der Waals surface area contributed by atoms with E-state index in [4.69, 9.17) is 0 Å². The third-order valence-corrected chi connectivity index (χ3v) is 2.91. The van der Waals surface area contributed by atoms with Crippen LogP contribution in [0.1, 0.15) is 5.69 Å². The number of rotatable bonds is 3. The van der Waals surface area contributed by atoms with Crippen LogP contribution in [0.5, 0.6) is 0 Å². The maximum absolute atomic E-state index is 12.7. The van der Waals surface area contributed by atoms with Crippen molar-refractivity contribution in [1.29, 1.82) is 0 Å². The molecule has 0 saturated carbocycles. The van der Waals surface area contributed by atoms with Crippen molar-refractivity contribution in [2.24, 2.45) is 0 Å². The maximum atomic E-state index is 12.7. The van der Waals surface area contributed by atoms with E-state index in [1.54, 1.807) is 17.5 Å². The SMILES string of the molecule is O=C([O-])/C=C/c1csc(-c2ccc(F)cc2)n1. The minimum atomic E-state index is -1.26. The second kappa shape index (κ2) is 4.88. The first-order chi connectivity index (χ1) is 8.15. The van der Waals surface area contributed by atoms with Gasteiger partial charge in [0.15, 0.2) is 0 Å². The molecule has 1 heterocycles. The first-order valence-corrected chi connectivity index (χ1v) is 5.63. The number of benzene rings is 1. The first-order valence-electron chi connectivity index (χ1n) is 4.75. The molecule has 0 atom stereocenters. The van der Waals surface area contributed by atoms with E-state index >= 15 is 0 Å². The normalized spacial score (nSPS) is 10.9. The van der Waals surface area contributed by atoms with Crippen molar-refractivity contribution in [3.8, 4) is 10.6 Å². The second-order valence-electron chi connectivity index (χ2n) is 3.24. The molecular formula is C12H7FNO2S-. The lowest BCUT2D eigenvalue weighted by molar-refractivity contribution is -0.297. The van der Waals surface area contributed by atoms with Crippen LogP contribution in [0.15, 0.2) is 35.7 Å². The summed E-state index contributed by atoms with van der Waals surface area (Å²) in [4.78, 5) is 14.4. The number of carbonyl (C=O) groups excluding carboxylic acids is 1. The van der Waals surface area contributed by atoms with Crippen molar-refractivity contribution in [2.75, 3.05) is 0 Å². The first kappa shape index (κ1) is 11.5. The Balaban J connectivity index is 2.23. The Labute approximate surface area is 101 Å². The van der Waals surface area contributed by atoms with Gasteiger partial charge in [0.25, 0.3) is 0 Å². The molecule has 0 unspecified atom stereocenters. The van der Waals surface area contributed by atoms with E-state index in [1.807, 2.05) is 0 Å². The Hall–Kier alpha value is -2.01. The van der Waals surface area contributed by atoms with Crippen molar-refractivity contribution < 1.29 is 14.3 Å². The number of aromatic nitrogens is 1. The van der Waals surface area contributed by atoms with Gasteiger partial charge >= 0.3 is 0 Å². The molecule has 0 amide bonds. The lowest BCUT2D eigenvalue weighted by atomic mass is 10.2. The van der Waals surface area contributed by atoms with Crippen LogP contribution >= 0.6 is 11.3 Å². The van der Waals surface area contributed by atoms with Gasteiger partial charge in [-0.1, -0.05) is 0 Å². The Morgan fingerprint density at radius 2 is 2.06 bits per heavy atom. The molecule has 5 heteroatoms. The van der Waals surface area contributed by atoms with Gasteiger partial charge in [-0.25, -0.2) is 9.37 Å². The van der Waals surface area contributed by atoms with Gasteiger partial charge in [0.1, 0.15) is 10.8 Å². The van der Waals surface area contributed by atoms with E-state index in [0.29, 0.717) is 10.7 Å². The van der Waals surface area contributed by atoms with Gasteiger partial charge in [-0.05, 0) is 36.4 Å². The average Bonchev–Trinajstić information content (AvgIpc) is 2.76. The quantitative estimate of drug-likeness (QED) is 0.777. The zero-order chi connectivity index (χ0) is 12.3. The van der Waals surface area contributed by atoms with Crippen LogP contribution in [0.25, 0.3) is 16.6 Å². The van der Waals surface area contributed by atoms with Gasteiger partial charge in [0.05, 0.1) is 11.7 Å². The predicted molar refractivity (Wildman–Crippen MR) is 61.5 cm³/mol. The second-order valence-corrected chi connectivity index (χ2v) is 4.09. The lowest BCUT2D eigenvalue weighted by Crippen LogP contribution is -2.18. The molecule has 1 aromatic heterocycles. The van der Waals surface area contributed by atoms with E-state index in [2.05, 4.69) is 4.98 Å². The molecule has 86 valence electrons. The molecule has 0 N–H and O–H groups in total. The van der Waals surface area contributed by atoms with Gasteiger partial charge in [-0.15, -0.1) is 11.3 Å². The number of hydrogen-bond donors (Lipinski definition) is 0. The van der Waals surface area contributed by atoms with Crippen LogP contribution < -0.4 is 5.11 Å². The summed E-state index contributed by atoms with van der Waals surface area (Å²) >= 11 is 1.36. The Morgan fingerprint density at radius 1 is 1.35 bits per heavy atom. The molecule has 0 aliphatic carbocycles. The third kappa shape index (κ3) is 2.98. The van der Waals surface area contributed by atoms with E-state index in [1.165, 1.54) is 29.5 Å². The Morgan fingerprint density at radius 3 is 2.71 bits per heavy atom. The van der Waals surface area contributed by atoms with Crippen LogP contribution in [-0.2, 0) is 4.79 Å². The van der Waals surface area contributed by atoms with Gasteiger partial charge < -0.3 is 9.90 Å². The highest BCUT2D eigenvalue weighted by molar-refractivity contribution is 7.13. The highest BCUT2D eigenvalue weighted by atomic mass is 32.1.